The second-order valence-electron chi connectivity index (χ2n) is 13.3. The molecule has 4 aromatic rings. The molecule has 264 valence electrons. The molecule has 2 aliphatic carbocycles. The predicted molar refractivity (Wildman–Crippen MR) is 179 cm³/mol. The molecule has 3 fully saturated rings. The third-order valence-corrected chi connectivity index (χ3v) is 10.8. The first-order chi connectivity index (χ1) is 23.8. The van der Waals surface area contributed by atoms with Crippen molar-refractivity contribution in [2.75, 3.05) is 23.3 Å². The van der Waals surface area contributed by atoms with Crippen LogP contribution in [0.25, 0.3) is 11.0 Å². The van der Waals surface area contributed by atoms with Crippen LogP contribution in [0.4, 0.5) is 39.3 Å². The van der Waals surface area contributed by atoms with Gasteiger partial charge in [-0.25, -0.2) is 13.8 Å². The van der Waals surface area contributed by atoms with Gasteiger partial charge in [0.15, 0.2) is 11.6 Å². The first-order valence-corrected chi connectivity index (χ1v) is 17.0. The Morgan fingerprint density at radius 2 is 1.66 bits per heavy atom. The summed E-state index contributed by atoms with van der Waals surface area (Å²) in [4.78, 5) is 36.6. The number of amides is 2. The van der Waals surface area contributed by atoms with Crippen molar-refractivity contribution in [3.05, 3.63) is 75.0 Å². The summed E-state index contributed by atoms with van der Waals surface area (Å²) in [5.41, 5.74) is 2.24. The summed E-state index contributed by atoms with van der Waals surface area (Å²) in [5, 5.41) is 8.97. The van der Waals surface area contributed by atoms with Gasteiger partial charge in [0, 0.05) is 32.7 Å². The van der Waals surface area contributed by atoms with Gasteiger partial charge >= 0.3 is 6.18 Å². The molecule has 50 heavy (non-hydrogen) atoms. The second kappa shape index (κ2) is 13.2. The molecule has 2 saturated carbocycles. The largest absolute Gasteiger partial charge is 0.391 e. The van der Waals surface area contributed by atoms with Crippen LogP contribution in [0.1, 0.15) is 58.4 Å². The Hall–Kier alpha value is -4.17. The second-order valence-corrected chi connectivity index (χ2v) is 14.0. The van der Waals surface area contributed by atoms with Crippen molar-refractivity contribution in [1.82, 2.24) is 25.2 Å². The molecule has 9 nitrogen and oxygen atoms in total. The zero-order chi connectivity index (χ0) is 35.5. The lowest BCUT2D eigenvalue weighted by Crippen LogP contribution is -2.40. The zero-order valence-electron chi connectivity index (χ0n) is 26.7. The van der Waals surface area contributed by atoms with Gasteiger partial charge < -0.3 is 25.4 Å². The number of imidazole rings is 1. The van der Waals surface area contributed by atoms with Crippen LogP contribution in [-0.4, -0.2) is 51.7 Å². The molecule has 16 heteroatoms. The fourth-order valence-electron chi connectivity index (χ4n) is 7.06. The minimum Gasteiger partial charge on any atom is -0.370 e. The Morgan fingerprint density at radius 3 is 2.32 bits per heavy atom. The smallest absolute Gasteiger partial charge is 0.370 e. The number of aryl methyl sites for hydroxylation is 1. The molecule has 1 aliphatic heterocycles. The molecule has 7 rings (SSSR count). The molecule has 3 heterocycles. The van der Waals surface area contributed by atoms with E-state index in [1.807, 2.05) is 6.07 Å². The molecule has 2 unspecified atom stereocenters. The standard InChI is InChI=1S/C34H32Cl2F5N7O2/c1-47-27-10-26(48-14-17-8-18(17)15-48)21(31(49)44-20-5-3-19(4-6-20)34(39,40)41)9-25(27)45-33(47)46-30-22(35)7-2-16(29(30)36)11-43-32(50)28-23(37)12-42-13-24(28)38/h2,7,9-10,12-13,17-20H,3-6,8,11,14-15H2,1H3,(H,43,50)(H,44,49)(H,45,46). The summed E-state index contributed by atoms with van der Waals surface area (Å²) < 4.78 is 69.6. The lowest BCUT2D eigenvalue weighted by atomic mass is 9.85. The van der Waals surface area contributed by atoms with Crippen LogP contribution in [0, 0.1) is 29.4 Å². The SMILES string of the molecule is Cn1c(Nc2c(Cl)ccc(CNC(=O)c3c(F)cncc3F)c2Cl)nc2cc(C(=O)NC3CCC(C(F)(F)F)CC3)c(N3CC4CC4C3)cc21. The number of piperidine rings is 1. The van der Waals surface area contributed by atoms with Crippen LogP contribution in [0.2, 0.25) is 10.0 Å². The highest BCUT2D eigenvalue weighted by Crippen LogP contribution is 2.47. The molecule has 3 N–H and O–H groups in total. The molecular formula is C34H32Cl2F5N7O2. The number of nitrogens with zero attached hydrogens (tertiary/aromatic N) is 4. The number of aromatic nitrogens is 3. The molecule has 0 spiro atoms. The molecule has 2 aromatic carbocycles. The van der Waals surface area contributed by atoms with Crippen molar-refractivity contribution < 1.29 is 31.5 Å². The molecule has 1 saturated heterocycles. The van der Waals surface area contributed by atoms with Crippen molar-refractivity contribution in [2.24, 2.45) is 24.8 Å². The van der Waals surface area contributed by atoms with Crippen LogP contribution in [0.15, 0.2) is 36.7 Å². The van der Waals surface area contributed by atoms with Gasteiger partial charge in [0.1, 0.15) is 5.56 Å². The van der Waals surface area contributed by atoms with Crippen molar-refractivity contribution in [3.63, 3.8) is 0 Å². The first kappa shape index (κ1) is 34.3. The Morgan fingerprint density at radius 1 is 0.980 bits per heavy atom. The highest BCUT2D eigenvalue weighted by molar-refractivity contribution is 6.39. The maximum Gasteiger partial charge on any atom is 0.391 e. The summed E-state index contributed by atoms with van der Waals surface area (Å²) in [6, 6.07) is 6.36. The van der Waals surface area contributed by atoms with Gasteiger partial charge in [0.25, 0.3) is 11.8 Å². The number of carbonyl (C=O) groups is 2. The van der Waals surface area contributed by atoms with Gasteiger partial charge in [-0.15, -0.1) is 0 Å². The fourth-order valence-corrected chi connectivity index (χ4v) is 7.59. The van der Waals surface area contributed by atoms with E-state index in [-0.39, 0.29) is 59.9 Å². The summed E-state index contributed by atoms with van der Waals surface area (Å²) in [5.74, 6) is -3.41. The van der Waals surface area contributed by atoms with Gasteiger partial charge in [0.05, 0.1) is 56.3 Å². The monoisotopic (exact) mass is 735 g/mol. The van der Waals surface area contributed by atoms with Gasteiger partial charge in [-0.05, 0) is 67.7 Å². The Labute approximate surface area is 293 Å². The van der Waals surface area contributed by atoms with Crippen molar-refractivity contribution in [2.45, 2.75) is 50.9 Å². The van der Waals surface area contributed by atoms with Gasteiger partial charge in [-0.1, -0.05) is 29.3 Å². The molecule has 3 aliphatic rings. The first-order valence-electron chi connectivity index (χ1n) is 16.2. The summed E-state index contributed by atoms with van der Waals surface area (Å²) in [7, 11) is 1.78. The Bertz CT molecular complexity index is 1970. The maximum atomic E-state index is 14.1. The number of anilines is 3. The van der Waals surface area contributed by atoms with Crippen LogP contribution < -0.4 is 20.9 Å². The number of hydrogen-bond donors (Lipinski definition) is 3. The van der Waals surface area contributed by atoms with E-state index in [9.17, 15) is 31.5 Å². The zero-order valence-corrected chi connectivity index (χ0v) is 28.2. The van der Waals surface area contributed by atoms with Gasteiger partial charge in [0.2, 0.25) is 5.95 Å². The minimum absolute atomic E-state index is 0.0222. The minimum atomic E-state index is -4.23. The predicted octanol–water partition coefficient (Wildman–Crippen LogP) is 7.53. The summed E-state index contributed by atoms with van der Waals surface area (Å²) in [6.07, 6.45) is -1.14. The average Bonchev–Trinajstić information content (AvgIpc) is 3.55. The molecule has 0 radical (unpaired) electrons. The average molecular weight is 737 g/mol. The van der Waals surface area contributed by atoms with Crippen molar-refractivity contribution in [1.29, 1.82) is 0 Å². The third kappa shape index (κ3) is 6.67. The highest BCUT2D eigenvalue weighted by Gasteiger charge is 2.46. The lowest BCUT2D eigenvalue weighted by molar-refractivity contribution is -0.182. The topological polar surface area (TPSA) is 104 Å². The molecule has 2 aromatic heterocycles. The number of alkyl halides is 3. The molecular weight excluding hydrogens is 704 g/mol. The number of hydrogen-bond acceptors (Lipinski definition) is 6. The maximum absolute atomic E-state index is 14.1. The van der Waals surface area contributed by atoms with E-state index in [4.69, 9.17) is 28.2 Å². The summed E-state index contributed by atoms with van der Waals surface area (Å²) in [6.45, 7) is 1.45. The van der Waals surface area contributed by atoms with Crippen molar-refractivity contribution in [3.8, 4) is 0 Å². The molecule has 2 amide bonds. The third-order valence-electron chi connectivity index (χ3n) is 10.0. The van der Waals surface area contributed by atoms with Crippen molar-refractivity contribution >= 4 is 63.4 Å². The fraction of sp³-hybridized carbons (Fsp3) is 0.412. The van der Waals surface area contributed by atoms with E-state index in [2.05, 4.69) is 25.8 Å². The molecule has 0 bridgehead atoms. The number of carbonyl (C=O) groups excluding carboxylic acids is 2. The van der Waals surface area contributed by atoms with E-state index < -0.39 is 35.2 Å². The Kier molecular flexibility index (Phi) is 9.04. The molecule has 2 atom stereocenters. The number of rotatable bonds is 8. The van der Waals surface area contributed by atoms with E-state index in [0.29, 0.717) is 39.9 Å². The van der Waals surface area contributed by atoms with E-state index in [0.717, 1.165) is 37.6 Å². The lowest BCUT2D eigenvalue weighted by Gasteiger charge is -2.31. The van der Waals surface area contributed by atoms with Crippen LogP contribution in [0.3, 0.4) is 0 Å². The number of benzene rings is 2. The number of halogens is 7. The normalized spacial score (nSPS) is 21.6. The number of nitrogens with one attached hydrogen (secondary N) is 3. The summed E-state index contributed by atoms with van der Waals surface area (Å²) >= 11 is 13.2. The highest BCUT2D eigenvalue weighted by atomic mass is 35.5. The van der Waals surface area contributed by atoms with Gasteiger partial charge in [-0.2, -0.15) is 13.2 Å². The van der Waals surface area contributed by atoms with Crippen LogP contribution in [-0.2, 0) is 13.6 Å². The Balaban J connectivity index is 1.14. The quantitative estimate of drug-likeness (QED) is 0.162. The number of pyridine rings is 1. The van der Waals surface area contributed by atoms with E-state index in [1.165, 1.54) is 0 Å². The van der Waals surface area contributed by atoms with Crippen LogP contribution >= 0.6 is 23.2 Å². The van der Waals surface area contributed by atoms with Gasteiger partial charge in [-0.3, -0.25) is 14.6 Å². The number of fused-ring (bicyclic) bond motifs is 2. The van der Waals surface area contributed by atoms with Crippen LogP contribution in [0.5, 0.6) is 0 Å². The van der Waals surface area contributed by atoms with E-state index >= 15 is 0 Å². The van der Waals surface area contributed by atoms with E-state index in [1.54, 1.807) is 29.8 Å².